The van der Waals surface area contributed by atoms with E-state index in [1.54, 1.807) is 18.2 Å². The van der Waals surface area contributed by atoms with Gasteiger partial charge in [-0.1, -0.05) is 41.4 Å². The van der Waals surface area contributed by atoms with Crippen LogP contribution < -0.4 is 15.4 Å². The molecule has 1 saturated heterocycles. The lowest BCUT2D eigenvalue weighted by molar-refractivity contribution is -0.118. The molecule has 0 saturated carbocycles. The molecule has 3 aromatic rings. The number of nitrogens with zero attached hydrogens (tertiary/aromatic N) is 1. The molecule has 4 rings (SSSR count). The summed E-state index contributed by atoms with van der Waals surface area (Å²) < 4.78 is 6.32. The van der Waals surface area contributed by atoms with Crippen LogP contribution in [0.25, 0.3) is 6.08 Å². The number of carbonyl (C=O) groups excluding carboxylic acids is 2. The number of aryl methyl sites for hydroxylation is 1. The SMILES string of the molecule is Cc1ccc(NC(=O)COc2ccc(/C=C3/SC(=Nc4cccc(Cl)c4C)NC3=O)cc2Br)cc1. The van der Waals surface area contributed by atoms with Gasteiger partial charge in [0.25, 0.3) is 11.8 Å². The highest BCUT2D eigenvalue weighted by atomic mass is 79.9. The smallest absolute Gasteiger partial charge is 0.264 e. The fourth-order valence-corrected chi connectivity index (χ4v) is 4.67. The summed E-state index contributed by atoms with van der Waals surface area (Å²) in [5, 5.41) is 6.69. The number of thioether (sulfide) groups is 1. The predicted octanol–water partition coefficient (Wildman–Crippen LogP) is 6.63. The number of hydrogen-bond donors (Lipinski definition) is 2. The van der Waals surface area contributed by atoms with Crippen LogP contribution in [0.4, 0.5) is 11.4 Å². The van der Waals surface area contributed by atoms with E-state index in [0.717, 1.165) is 16.7 Å². The third kappa shape index (κ3) is 6.54. The number of ether oxygens (including phenoxy) is 1. The Hall–Kier alpha value is -3.07. The summed E-state index contributed by atoms with van der Waals surface area (Å²) in [6, 6.07) is 18.4. The highest BCUT2D eigenvalue weighted by molar-refractivity contribution is 9.10. The van der Waals surface area contributed by atoms with Crippen LogP contribution in [0.2, 0.25) is 5.02 Å². The molecule has 2 N–H and O–H groups in total. The summed E-state index contributed by atoms with van der Waals surface area (Å²) >= 11 is 10.9. The monoisotopic (exact) mass is 569 g/mol. The van der Waals surface area contributed by atoms with E-state index in [1.165, 1.54) is 11.8 Å². The van der Waals surface area contributed by atoms with E-state index in [2.05, 4.69) is 31.6 Å². The molecular weight excluding hydrogens is 550 g/mol. The molecule has 9 heteroatoms. The van der Waals surface area contributed by atoms with Crippen molar-refractivity contribution in [3.63, 3.8) is 0 Å². The van der Waals surface area contributed by atoms with Gasteiger partial charge in [-0.05, 0) is 95.1 Å². The number of anilines is 1. The van der Waals surface area contributed by atoms with Crippen LogP contribution in [-0.4, -0.2) is 23.6 Å². The lowest BCUT2D eigenvalue weighted by Gasteiger charge is -2.10. The predicted molar refractivity (Wildman–Crippen MR) is 146 cm³/mol. The number of hydrogen-bond acceptors (Lipinski definition) is 5. The largest absolute Gasteiger partial charge is 0.483 e. The van der Waals surface area contributed by atoms with Gasteiger partial charge in [-0.25, -0.2) is 4.99 Å². The van der Waals surface area contributed by atoms with Crippen molar-refractivity contribution in [1.29, 1.82) is 0 Å². The number of rotatable bonds is 6. The molecule has 178 valence electrons. The van der Waals surface area contributed by atoms with Gasteiger partial charge in [-0.15, -0.1) is 0 Å². The van der Waals surface area contributed by atoms with Crippen LogP contribution >= 0.6 is 39.3 Å². The lowest BCUT2D eigenvalue weighted by Crippen LogP contribution is -2.20. The van der Waals surface area contributed by atoms with Crippen molar-refractivity contribution in [3.05, 3.63) is 91.8 Å². The molecule has 0 bridgehead atoms. The van der Waals surface area contributed by atoms with E-state index in [9.17, 15) is 9.59 Å². The first-order valence-corrected chi connectivity index (χ1v) is 12.6. The second kappa shape index (κ2) is 11.1. The third-order valence-corrected chi connectivity index (χ3v) is 7.00. The number of amides is 2. The maximum atomic E-state index is 12.4. The molecule has 0 radical (unpaired) electrons. The Morgan fingerprint density at radius 3 is 2.69 bits per heavy atom. The number of nitrogens with one attached hydrogen (secondary N) is 2. The van der Waals surface area contributed by atoms with Crippen molar-refractivity contribution in [2.45, 2.75) is 13.8 Å². The van der Waals surface area contributed by atoms with Gasteiger partial charge < -0.3 is 15.4 Å². The molecule has 6 nitrogen and oxygen atoms in total. The molecule has 0 aromatic heterocycles. The second-order valence-corrected chi connectivity index (χ2v) is 10.1. The zero-order valence-electron chi connectivity index (χ0n) is 18.9. The molecule has 35 heavy (non-hydrogen) atoms. The minimum Gasteiger partial charge on any atom is -0.483 e. The number of halogens is 2. The first-order chi connectivity index (χ1) is 16.8. The zero-order valence-corrected chi connectivity index (χ0v) is 22.1. The normalized spacial score (nSPS) is 15.4. The van der Waals surface area contributed by atoms with Crippen molar-refractivity contribution >= 4 is 73.7 Å². The van der Waals surface area contributed by atoms with E-state index < -0.39 is 0 Å². The molecule has 1 fully saturated rings. The molecule has 0 spiro atoms. The van der Waals surface area contributed by atoms with Gasteiger partial charge >= 0.3 is 0 Å². The molecular formula is C26H21BrClN3O3S. The number of amidine groups is 1. The Morgan fingerprint density at radius 2 is 1.94 bits per heavy atom. The Labute approximate surface area is 220 Å². The molecule has 2 amide bonds. The Balaban J connectivity index is 1.39. The summed E-state index contributed by atoms with van der Waals surface area (Å²) in [6.07, 6.45) is 1.77. The Morgan fingerprint density at radius 1 is 1.17 bits per heavy atom. The fourth-order valence-electron chi connectivity index (χ4n) is 3.16. The third-order valence-electron chi connectivity index (χ3n) is 5.06. The van der Waals surface area contributed by atoms with Gasteiger partial charge in [0.2, 0.25) is 0 Å². The minimum absolute atomic E-state index is 0.131. The van der Waals surface area contributed by atoms with Gasteiger partial charge in [0, 0.05) is 10.7 Å². The van der Waals surface area contributed by atoms with Crippen molar-refractivity contribution < 1.29 is 14.3 Å². The van der Waals surface area contributed by atoms with Crippen LogP contribution in [0.5, 0.6) is 5.75 Å². The van der Waals surface area contributed by atoms with Crippen molar-refractivity contribution in [2.24, 2.45) is 4.99 Å². The van der Waals surface area contributed by atoms with Crippen LogP contribution in [0.1, 0.15) is 16.7 Å². The zero-order chi connectivity index (χ0) is 24.9. The summed E-state index contributed by atoms with van der Waals surface area (Å²) in [5.74, 6) is 0.0406. The van der Waals surface area contributed by atoms with Gasteiger partial charge in [-0.3, -0.25) is 9.59 Å². The van der Waals surface area contributed by atoms with Crippen molar-refractivity contribution in [1.82, 2.24) is 5.32 Å². The van der Waals surface area contributed by atoms with Crippen molar-refractivity contribution in [3.8, 4) is 5.75 Å². The highest BCUT2D eigenvalue weighted by Gasteiger charge is 2.24. The van der Waals surface area contributed by atoms with Crippen LogP contribution in [0.3, 0.4) is 0 Å². The summed E-state index contributed by atoms with van der Waals surface area (Å²) in [5.41, 5.74) is 4.18. The van der Waals surface area contributed by atoms with Gasteiger partial charge in [0.1, 0.15) is 5.75 Å². The van der Waals surface area contributed by atoms with Gasteiger partial charge in [0.15, 0.2) is 11.8 Å². The molecule has 0 aliphatic carbocycles. The maximum absolute atomic E-state index is 12.4. The number of aliphatic imine (C=N–C) groups is 1. The molecule has 1 aliphatic rings. The topological polar surface area (TPSA) is 79.8 Å². The van der Waals surface area contributed by atoms with E-state index in [-0.39, 0.29) is 18.4 Å². The minimum atomic E-state index is -0.257. The Kier molecular flexibility index (Phi) is 7.95. The average Bonchev–Trinajstić information content (AvgIpc) is 3.16. The second-order valence-electron chi connectivity index (χ2n) is 7.76. The van der Waals surface area contributed by atoms with Gasteiger partial charge in [0.05, 0.1) is 15.1 Å². The number of carbonyl (C=O) groups is 2. The summed E-state index contributed by atoms with van der Waals surface area (Å²) in [7, 11) is 0. The lowest BCUT2D eigenvalue weighted by atomic mass is 10.2. The van der Waals surface area contributed by atoms with Crippen LogP contribution in [0, 0.1) is 13.8 Å². The van der Waals surface area contributed by atoms with Crippen LogP contribution in [0.15, 0.2) is 75.0 Å². The summed E-state index contributed by atoms with van der Waals surface area (Å²) in [4.78, 5) is 29.7. The van der Waals surface area contributed by atoms with E-state index in [0.29, 0.717) is 36.7 Å². The van der Waals surface area contributed by atoms with Crippen molar-refractivity contribution in [2.75, 3.05) is 11.9 Å². The molecule has 1 aliphatic heterocycles. The first kappa shape index (κ1) is 25.0. The molecule has 0 unspecified atom stereocenters. The quantitative estimate of drug-likeness (QED) is 0.326. The first-order valence-electron chi connectivity index (χ1n) is 10.6. The molecule has 1 heterocycles. The molecule has 0 atom stereocenters. The highest BCUT2D eigenvalue weighted by Crippen LogP contribution is 2.32. The van der Waals surface area contributed by atoms with E-state index in [4.69, 9.17) is 16.3 Å². The fraction of sp³-hybridized carbons (Fsp3) is 0.115. The van der Waals surface area contributed by atoms with E-state index >= 15 is 0 Å². The number of benzene rings is 3. The van der Waals surface area contributed by atoms with Crippen LogP contribution in [-0.2, 0) is 9.59 Å². The molecule has 3 aromatic carbocycles. The average molecular weight is 571 g/mol. The standard InChI is InChI=1S/C26H21BrClN3O3S/c1-15-6-9-18(10-7-15)29-24(32)14-34-22-11-8-17(12-19(22)27)13-23-25(33)31-26(35-23)30-21-5-3-4-20(28)16(21)2/h3-13H,14H2,1-2H3,(H,29,32)(H,30,31,33)/b23-13+. The van der Waals surface area contributed by atoms with Gasteiger partial charge in [-0.2, -0.15) is 0 Å². The maximum Gasteiger partial charge on any atom is 0.264 e. The summed E-state index contributed by atoms with van der Waals surface area (Å²) in [6.45, 7) is 3.74. The van der Waals surface area contributed by atoms with E-state index in [1.807, 2.05) is 62.4 Å². The Bertz CT molecular complexity index is 1360.